The molecule has 100 valence electrons. The van der Waals surface area contributed by atoms with E-state index in [4.69, 9.17) is 5.11 Å². The maximum Gasteiger partial charge on any atom is 0.416 e. The van der Waals surface area contributed by atoms with Crippen LogP contribution in [-0.4, -0.2) is 24.2 Å². The first-order valence-corrected chi connectivity index (χ1v) is 5.54. The van der Waals surface area contributed by atoms with Crippen LogP contribution in [0.1, 0.15) is 15.9 Å². The van der Waals surface area contributed by atoms with Crippen molar-refractivity contribution in [3.8, 4) is 0 Å². The Labute approximate surface area is 109 Å². The van der Waals surface area contributed by atoms with Crippen molar-refractivity contribution in [3.05, 3.63) is 33.8 Å². The van der Waals surface area contributed by atoms with E-state index in [1.54, 1.807) is 0 Å². The SMILES string of the molecule is O=C(NOCCO)c1cc(Br)cc(C(F)(F)F)c1. The molecule has 1 rings (SSSR count). The molecule has 0 unspecified atom stereocenters. The Morgan fingerprint density at radius 1 is 1.39 bits per heavy atom. The van der Waals surface area contributed by atoms with Gasteiger partial charge in [0.25, 0.3) is 5.91 Å². The lowest BCUT2D eigenvalue weighted by Gasteiger charge is -2.10. The van der Waals surface area contributed by atoms with Crippen LogP contribution in [0.2, 0.25) is 0 Å². The average Bonchev–Trinajstić information content (AvgIpc) is 2.27. The third-order valence-corrected chi connectivity index (χ3v) is 2.30. The molecule has 0 bridgehead atoms. The van der Waals surface area contributed by atoms with Crippen molar-refractivity contribution >= 4 is 21.8 Å². The quantitative estimate of drug-likeness (QED) is 0.658. The second kappa shape index (κ2) is 6.17. The molecule has 1 aromatic carbocycles. The van der Waals surface area contributed by atoms with Gasteiger partial charge in [-0.25, -0.2) is 5.48 Å². The highest BCUT2D eigenvalue weighted by Crippen LogP contribution is 2.31. The highest BCUT2D eigenvalue weighted by atomic mass is 79.9. The number of carbonyl (C=O) groups is 1. The molecule has 4 nitrogen and oxygen atoms in total. The van der Waals surface area contributed by atoms with E-state index in [0.717, 1.165) is 6.07 Å². The number of aliphatic hydroxyl groups is 1. The number of carbonyl (C=O) groups excluding carboxylic acids is 1. The van der Waals surface area contributed by atoms with E-state index in [9.17, 15) is 18.0 Å². The Morgan fingerprint density at radius 3 is 2.61 bits per heavy atom. The van der Waals surface area contributed by atoms with Crippen molar-refractivity contribution < 1.29 is 27.9 Å². The van der Waals surface area contributed by atoms with E-state index in [1.165, 1.54) is 6.07 Å². The van der Waals surface area contributed by atoms with E-state index in [2.05, 4.69) is 20.8 Å². The number of aliphatic hydroxyl groups excluding tert-OH is 1. The largest absolute Gasteiger partial charge is 0.416 e. The zero-order valence-electron chi connectivity index (χ0n) is 8.92. The summed E-state index contributed by atoms with van der Waals surface area (Å²) in [6.07, 6.45) is -4.54. The van der Waals surface area contributed by atoms with Gasteiger partial charge in [0.2, 0.25) is 0 Å². The summed E-state index contributed by atoms with van der Waals surface area (Å²) in [5, 5.41) is 8.41. The number of hydrogen-bond acceptors (Lipinski definition) is 3. The molecule has 0 aromatic heterocycles. The molecule has 0 fully saturated rings. The van der Waals surface area contributed by atoms with Gasteiger partial charge in [0.05, 0.1) is 18.8 Å². The van der Waals surface area contributed by atoms with Gasteiger partial charge in [-0.15, -0.1) is 0 Å². The fraction of sp³-hybridized carbons (Fsp3) is 0.300. The molecule has 1 aromatic rings. The van der Waals surface area contributed by atoms with E-state index < -0.39 is 17.6 Å². The minimum atomic E-state index is -4.54. The molecule has 0 aliphatic carbocycles. The zero-order valence-corrected chi connectivity index (χ0v) is 10.5. The third-order valence-electron chi connectivity index (χ3n) is 1.85. The Bertz CT molecular complexity index is 437. The van der Waals surface area contributed by atoms with E-state index in [-0.39, 0.29) is 23.2 Å². The van der Waals surface area contributed by atoms with Crippen molar-refractivity contribution in [1.29, 1.82) is 0 Å². The van der Waals surface area contributed by atoms with Crippen LogP contribution in [0.5, 0.6) is 0 Å². The maximum atomic E-state index is 12.5. The summed E-state index contributed by atoms with van der Waals surface area (Å²) in [6, 6.07) is 2.81. The zero-order chi connectivity index (χ0) is 13.8. The summed E-state index contributed by atoms with van der Waals surface area (Å²) < 4.78 is 37.6. The predicted octanol–water partition coefficient (Wildman–Crippen LogP) is 2.12. The highest BCUT2D eigenvalue weighted by Gasteiger charge is 2.31. The molecule has 1 amide bonds. The minimum Gasteiger partial charge on any atom is -0.394 e. The summed E-state index contributed by atoms with van der Waals surface area (Å²) in [4.78, 5) is 16.0. The Balaban J connectivity index is 2.89. The predicted molar refractivity (Wildman–Crippen MR) is 59.6 cm³/mol. The Kier molecular flexibility index (Phi) is 5.12. The van der Waals surface area contributed by atoms with Crippen LogP contribution >= 0.6 is 15.9 Å². The van der Waals surface area contributed by atoms with Gasteiger partial charge in [0.1, 0.15) is 0 Å². The van der Waals surface area contributed by atoms with Crippen LogP contribution < -0.4 is 5.48 Å². The van der Waals surface area contributed by atoms with Gasteiger partial charge in [-0.2, -0.15) is 13.2 Å². The van der Waals surface area contributed by atoms with Crippen molar-refractivity contribution in [2.24, 2.45) is 0 Å². The van der Waals surface area contributed by atoms with Crippen LogP contribution in [0, 0.1) is 0 Å². The number of halogens is 4. The van der Waals surface area contributed by atoms with Crippen molar-refractivity contribution in [1.82, 2.24) is 5.48 Å². The van der Waals surface area contributed by atoms with Crippen molar-refractivity contribution in [2.45, 2.75) is 6.18 Å². The number of hydroxylamine groups is 1. The van der Waals surface area contributed by atoms with Crippen LogP contribution in [0.4, 0.5) is 13.2 Å². The van der Waals surface area contributed by atoms with Gasteiger partial charge in [-0.3, -0.25) is 9.63 Å². The van der Waals surface area contributed by atoms with E-state index in [1.807, 2.05) is 5.48 Å². The second-order valence-electron chi connectivity index (χ2n) is 3.23. The third kappa shape index (κ3) is 4.28. The van der Waals surface area contributed by atoms with Crippen LogP contribution in [0.25, 0.3) is 0 Å². The first-order valence-electron chi connectivity index (χ1n) is 4.75. The van der Waals surface area contributed by atoms with E-state index >= 15 is 0 Å². The van der Waals surface area contributed by atoms with Gasteiger partial charge >= 0.3 is 6.18 Å². The van der Waals surface area contributed by atoms with Crippen LogP contribution in [0.15, 0.2) is 22.7 Å². The second-order valence-corrected chi connectivity index (χ2v) is 4.15. The lowest BCUT2D eigenvalue weighted by atomic mass is 10.1. The standard InChI is InChI=1S/C10H9BrF3NO3/c11-8-4-6(9(17)15-18-2-1-16)3-7(5-8)10(12,13)14/h3-5,16H,1-2H2,(H,15,17). The summed E-state index contributed by atoms with van der Waals surface area (Å²) in [6.45, 7) is -0.460. The number of hydrogen-bond donors (Lipinski definition) is 2. The Hall–Kier alpha value is -1.12. The number of nitrogens with one attached hydrogen (secondary N) is 1. The van der Waals surface area contributed by atoms with Gasteiger partial charge in [-0.05, 0) is 18.2 Å². The lowest BCUT2D eigenvalue weighted by molar-refractivity contribution is -0.137. The summed E-state index contributed by atoms with van der Waals surface area (Å²) >= 11 is 2.89. The molecule has 0 aliphatic heterocycles. The summed E-state index contributed by atoms with van der Waals surface area (Å²) in [5.74, 6) is -0.824. The number of rotatable bonds is 4. The normalized spacial score (nSPS) is 11.4. The molecular formula is C10H9BrF3NO3. The Morgan fingerprint density at radius 2 is 2.06 bits per heavy atom. The van der Waals surface area contributed by atoms with Crippen molar-refractivity contribution in [3.63, 3.8) is 0 Å². The van der Waals surface area contributed by atoms with Crippen LogP contribution in [0.3, 0.4) is 0 Å². The molecule has 8 heteroatoms. The van der Waals surface area contributed by atoms with Gasteiger partial charge in [0.15, 0.2) is 0 Å². The molecule has 0 atom stereocenters. The molecule has 0 aliphatic rings. The molecule has 2 N–H and O–H groups in total. The first-order chi connectivity index (χ1) is 8.34. The number of alkyl halides is 3. The fourth-order valence-electron chi connectivity index (χ4n) is 1.11. The fourth-order valence-corrected chi connectivity index (χ4v) is 1.60. The average molecular weight is 328 g/mol. The smallest absolute Gasteiger partial charge is 0.394 e. The van der Waals surface area contributed by atoms with Gasteiger partial charge in [0, 0.05) is 10.0 Å². The van der Waals surface area contributed by atoms with Gasteiger partial charge in [-0.1, -0.05) is 15.9 Å². The highest BCUT2D eigenvalue weighted by molar-refractivity contribution is 9.10. The monoisotopic (exact) mass is 327 g/mol. The van der Waals surface area contributed by atoms with Gasteiger partial charge < -0.3 is 5.11 Å². The molecule has 0 saturated heterocycles. The molecule has 18 heavy (non-hydrogen) atoms. The molecule has 0 heterocycles. The lowest BCUT2D eigenvalue weighted by Crippen LogP contribution is -2.25. The molecule has 0 radical (unpaired) electrons. The molecule has 0 saturated carbocycles. The van der Waals surface area contributed by atoms with Crippen LogP contribution in [-0.2, 0) is 11.0 Å². The molecular weight excluding hydrogens is 319 g/mol. The minimum absolute atomic E-state index is 0.129. The number of benzene rings is 1. The van der Waals surface area contributed by atoms with E-state index in [0.29, 0.717) is 6.07 Å². The topological polar surface area (TPSA) is 58.6 Å². The maximum absolute atomic E-state index is 12.5. The van der Waals surface area contributed by atoms with Crippen molar-refractivity contribution in [2.75, 3.05) is 13.2 Å². The summed E-state index contributed by atoms with van der Waals surface area (Å²) in [7, 11) is 0. The number of amides is 1. The molecule has 0 spiro atoms. The summed E-state index contributed by atoms with van der Waals surface area (Å²) in [5.41, 5.74) is 0.779. The first kappa shape index (κ1) is 14.9.